The highest BCUT2D eigenvalue weighted by Gasteiger charge is 2.46. The molecule has 2 saturated heterocycles. The van der Waals surface area contributed by atoms with E-state index in [1.54, 1.807) is 0 Å². The zero-order chi connectivity index (χ0) is 28.4. The van der Waals surface area contributed by atoms with Crippen LogP contribution in [-0.2, 0) is 5.41 Å². The van der Waals surface area contributed by atoms with Crippen LogP contribution < -0.4 is 16.6 Å². The second-order valence-electron chi connectivity index (χ2n) is 12.6. The molecule has 1 spiro atoms. The van der Waals surface area contributed by atoms with Crippen LogP contribution in [0.3, 0.4) is 0 Å². The van der Waals surface area contributed by atoms with Crippen molar-refractivity contribution < 1.29 is 0 Å². The summed E-state index contributed by atoms with van der Waals surface area (Å²) in [6, 6.07) is 13.4. The Labute approximate surface area is 253 Å². The third kappa shape index (κ3) is 5.44. The average Bonchev–Trinajstić information content (AvgIpc) is 3.27. The average molecular weight is 621 g/mol. The summed E-state index contributed by atoms with van der Waals surface area (Å²) in [7, 11) is 1.50. The number of fused-ring (bicyclic) bond motifs is 7. The monoisotopic (exact) mass is 619 g/mol. The van der Waals surface area contributed by atoms with Gasteiger partial charge in [-0.1, -0.05) is 37.5 Å². The zero-order valence-corrected chi connectivity index (χ0v) is 26.2. The second-order valence-corrected chi connectivity index (χ2v) is 13.4. The summed E-state index contributed by atoms with van der Waals surface area (Å²) in [5.74, 6) is 2.52. The Kier molecular flexibility index (Phi) is 8.97. The van der Waals surface area contributed by atoms with Crippen molar-refractivity contribution in [1.29, 1.82) is 0 Å². The van der Waals surface area contributed by atoms with E-state index < -0.39 is 0 Å². The fraction of sp³-hybridized carbons (Fsp3) is 0.588. The SMILES string of the molecule is CN.O=c1nc2n(c3cccc(Br)c13)-c1cc(C3CCN(CCCC4CCNCC4)CC3)ccc1C21CCCCC1. The molecule has 0 radical (unpaired) electrons. The lowest BCUT2D eigenvalue weighted by molar-refractivity contribution is 0.201. The number of benzene rings is 2. The van der Waals surface area contributed by atoms with E-state index in [1.807, 2.05) is 6.07 Å². The van der Waals surface area contributed by atoms with Gasteiger partial charge in [0, 0.05) is 4.47 Å². The van der Waals surface area contributed by atoms with Crippen molar-refractivity contribution in [3.8, 4) is 5.69 Å². The topological polar surface area (TPSA) is 76.2 Å². The molecule has 1 aromatic heterocycles. The Balaban J connectivity index is 0.00000148. The third-order valence-corrected chi connectivity index (χ3v) is 11.0. The van der Waals surface area contributed by atoms with Crippen molar-refractivity contribution in [2.75, 3.05) is 39.8 Å². The van der Waals surface area contributed by atoms with E-state index in [0.717, 1.165) is 34.6 Å². The van der Waals surface area contributed by atoms with Crippen LogP contribution in [0.4, 0.5) is 0 Å². The Morgan fingerprint density at radius 1 is 1.02 bits per heavy atom. The van der Waals surface area contributed by atoms with E-state index in [2.05, 4.69) is 66.8 Å². The molecule has 0 bridgehead atoms. The molecule has 4 heterocycles. The summed E-state index contributed by atoms with van der Waals surface area (Å²) >= 11 is 3.65. The van der Waals surface area contributed by atoms with Gasteiger partial charge in [0.05, 0.1) is 22.0 Å². The van der Waals surface area contributed by atoms with Gasteiger partial charge < -0.3 is 16.0 Å². The maximum absolute atomic E-state index is 13.3. The van der Waals surface area contributed by atoms with Gasteiger partial charge in [0.15, 0.2) is 0 Å². The maximum atomic E-state index is 13.3. The smallest absolute Gasteiger partial charge is 0.281 e. The van der Waals surface area contributed by atoms with Gasteiger partial charge in [-0.05, 0) is 148 Å². The molecule has 0 amide bonds. The number of hydrogen-bond donors (Lipinski definition) is 2. The van der Waals surface area contributed by atoms with Gasteiger partial charge >= 0.3 is 0 Å². The summed E-state index contributed by atoms with van der Waals surface area (Å²) in [5.41, 5.74) is 9.38. The minimum atomic E-state index is -0.125. The van der Waals surface area contributed by atoms with Crippen LogP contribution in [0.5, 0.6) is 0 Å². The highest BCUT2D eigenvalue weighted by molar-refractivity contribution is 9.10. The highest BCUT2D eigenvalue weighted by atomic mass is 79.9. The molecule has 6 nitrogen and oxygen atoms in total. The normalized spacial score (nSPS) is 21.0. The quantitative estimate of drug-likeness (QED) is 0.353. The van der Waals surface area contributed by atoms with Gasteiger partial charge in [0.2, 0.25) is 0 Å². The summed E-state index contributed by atoms with van der Waals surface area (Å²) < 4.78 is 3.18. The first-order valence-corrected chi connectivity index (χ1v) is 16.8. The largest absolute Gasteiger partial charge is 0.333 e. The van der Waals surface area contributed by atoms with Crippen LogP contribution in [0.2, 0.25) is 0 Å². The van der Waals surface area contributed by atoms with E-state index in [0.29, 0.717) is 11.3 Å². The molecule has 7 heteroatoms. The molecule has 4 aliphatic rings. The molecule has 0 unspecified atom stereocenters. The Bertz CT molecular complexity index is 1410. The zero-order valence-electron chi connectivity index (χ0n) is 24.6. The van der Waals surface area contributed by atoms with Crippen molar-refractivity contribution in [1.82, 2.24) is 19.8 Å². The molecule has 3 aromatic rings. The highest BCUT2D eigenvalue weighted by Crippen LogP contribution is 2.52. The minimum Gasteiger partial charge on any atom is -0.333 e. The number of aromatic nitrogens is 2. The number of rotatable bonds is 5. The maximum Gasteiger partial charge on any atom is 0.281 e. The van der Waals surface area contributed by atoms with Gasteiger partial charge in [0.25, 0.3) is 5.56 Å². The molecular formula is C34H46BrN5O. The molecule has 1 saturated carbocycles. The fourth-order valence-corrected chi connectivity index (χ4v) is 8.74. The van der Waals surface area contributed by atoms with E-state index in [4.69, 9.17) is 4.98 Å². The van der Waals surface area contributed by atoms with Crippen molar-refractivity contribution in [2.45, 2.75) is 82.0 Å². The molecule has 41 heavy (non-hydrogen) atoms. The van der Waals surface area contributed by atoms with Crippen LogP contribution in [0.1, 0.15) is 93.5 Å². The predicted octanol–water partition coefficient (Wildman–Crippen LogP) is 6.25. The van der Waals surface area contributed by atoms with Gasteiger partial charge in [-0.3, -0.25) is 9.36 Å². The lowest BCUT2D eigenvalue weighted by atomic mass is 9.69. The molecule has 7 rings (SSSR count). The lowest BCUT2D eigenvalue weighted by Crippen LogP contribution is -2.34. The fourth-order valence-electron chi connectivity index (χ4n) is 8.22. The van der Waals surface area contributed by atoms with Gasteiger partial charge in [-0.25, -0.2) is 0 Å². The summed E-state index contributed by atoms with van der Waals surface area (Å²) in [4.78, 5) is 20.8. The third-order valence-electron chi connectivity index (χ3n) is 10.4. The Morgan fingerprint density at radius 3 is 2.54 bits per heavy atom. The Morgan fingerprint density at radius 2 is 1.78 bits per heavy atom. The van der Waals surface area contributed by atoms with Crippen LogP contribution in [0, 0.1) is 5.92 Å². The predicted molar refractivity (Wildman–Crippen MR) is 172 cm³/mol. The lowest BCUT2D eigenvalue weighted by Gasteiger charge is -2.34. The molecular weight excluding hydrogens is 574 g/mol. The number of nitrogens with one attached hydrogen (secondary N) is 1. The van der Waals surface area contributed by atoms with Crippen molar-refractivity contribution in [3.05, 3.63) is 68.2 Å². The number of hydrogen-bond acceptors (Lipinski definition) is 5. The first-order chi connectivity index (χ1) is 20.1. The first-order valence-electron chi connectivity index (χ1n) is 16.0. The summed E-state index contributed by atoms with van der Waals surface area (Å²) in [6.45, 7) is 6.09. The van der Waals surface area contributed by atoms with E-state index in [-0.39, 0.29) is 11.0 Å². The van der Waals surface area contributed by atoms with Crippen molar-refractivity contribution in [3.63, 3.8) is 0 Å². The molecule has 220 valence electrons. The number of piperidine rings is 2. The minimum absolute atomic E-state index is 0.103. The molecule has 0 atom stereocenters. The van der Waals surface area contributed by atoms with Crippen LogP contribution in [-0.4, -0.2) is 54.2 Å². The number of nitrogens with zero attached hydrogens (tertiary/aromatic N) is 3. The van der Waals surface area contributed by atoms with Gasteiger partial charge in [-0.2, -0.15) is 4.98 Å². The molecule has 3 N–H and O–H groups in total. The van der Waals surface area contributed by atoms with Gasteiger partial charge in [0.1, 0.15) is 5.82 Å². The van der Waals surface area contributed by atoms with Crippen molar-refractivity contribution >= 4 is 26.8 Å². The van der Waals surface area contributed by atoms with Gasteiger partial charge in [-0.15, -0.1) is 0 Å². The Hall–Kier alpha value is -2.06. The van der Waals surface area contributed by atoms with Crippen LogP contribution >= 0.6 is 15.9 Å². The molecule has 3 aliphatic heterocycles. The molecule has 1 aliphatic carbocycles. The van der Waals surface area contributed by atoms with Crippen molar-refractivity contribution in [2.24, 2.45) is 11.7 Å². The first kappa shape index (κ1) is 29.0. The number of nitrogens with two attached hydrogens (primary N) is 1. The summed E-state index contributed by atoms with van der Waals surface area (Å²) in [5, 5.41) is 4.19. The number of halogens is 1. The molecule has 2 aromatic carbocycles. The number of likely N-dealkylation sites (tertiary alicyclic amines) is 1. The van der Waals surface area contributed by atoms with E-state index in [1.165, 1.54) is 114 Å². The van der Waals surface area contributed by atoms with E-state index in [9.17, 15) is 4.79 Å². The summed E-state index contributed by atoms with van der Waals surface area (Å²) in [6.07, 6.45) is 13.8. The van der Waals surface area contributed by atoms with E-state index >= 15 is 0 Å². The van der Waals surface area contributed by atoms with Crippen LogP contribution in [0.25, 0.3) is 16.6 Å². The van der Waals surface area contributed by atoms with Crippen LogP contribution in [0.15, 0.2) is 45.7 Å². The molecule has 3 fully saturated rings. The second kappa shape index (κ2) is 12.7. The standard InChI is InChI=1S/C33H41BrN4O.CH5N/c34-27-7-4-8-28-30(27)31(39)36-32-33(15-2-1-3-16-33)26-10-9-25(22-29(26)38(28)32)24-13-20-37(21-14-24)19-5-6-23-11-17-35-18-12-23;1-2/h4,7-10,22-24,35H,1-3,5-6,11-21H2;2H2,1H3.